The largest absolute Gasteiger partial charge is 0.382 e. The highest BCUT2D eigenvalue weighted by atomic mass is 35.5. The lowest BCUT2D eigenvalue weighted by molar-refractivity contribution is -0.143. The van der Waals surface area contributed by atoms with Gasteiger partial charge in [0.1, 0.15) is 6.33 Å². The number of ether oxygens (including phenoxy) is 1. The number of carbonyl (C=O) groups excluding carboxylic acids is 2. The number of imide groups is 1. The lowest BCUT2D eigenvalue weighted by atomic mass is 10.0. The summed E-state index contributed by atoms with van der Waals surface area (Å²) >= 11 is 6.47. The molecule has 6 rings (SSSR count). The van der Waals surface area contributed by atoms with Crippen molar-refractivity contribution in [3.8, 4) is 11.3 Å². The zero-order chi connectivity index (χ0) is 25.2. The number of fused-ring (bicyclic) bond motifs is 2. The second kappa shape index (κ2) is 8.54. The number of aromatic nitrogens is 3. The van der Waals surface area contributed by atoms with E-state index in [4.69, 9.17) is 16.3 Å². The van der Waals surface area contributed by atoms with Crippen molar-refractivity contribution in [2.45, 2.75) is 33.4 Å². The average molecular weight is 509 g/mol. The molecular weight excluding hydrogens is 480 g/mol. The molecule has 0 radical (unpaired) electrons. The number of anilines is 1. The molecule has 2 aliphatic heterocycles. The van der Waals surface area contributed by atoms with Gasteiger partial charge in [0.2, 0.25) is 11.8 Å². The molecular formula is C26H29ClN6O3. The van der Waals surface area contributed by atoms with E-state index in [1.54, 1.807) is 4.52 Å². The summed E-state index contributed by atoms with van der Waals surface area (Å²) in [6.07, 6.45) is 3.42. The molecule has 36 heavy (non-hydrogen) atoms. The Bertz CT molecular complexity index is 1360. The Balaban J connectivity index is 1.31. The monoisotopic (exact) mass is 508 g/mol. The Morgan fingerprint density at radius 1 is 1.22 bits per heavy atom. The number of morpholine rings is 1. The molecule has 2 N–H and O–H groups in total. The van der Waals surface area contributed by atoms with Gasteiger partial charge in [0, 0.05) is 42.1 Å². The van der Waals surface area contributed by atoms with E-state index in [9.17, 15) is 9.59 Å². The van der Waals surface area contributed by atoms with Crippen molar-refractivity contribution >= 4 is 34.6 Å². The SMILES string of the molecule is Cc1cc(Cl)cc(-c2ncnn3cc(CN4C(=O)C5C(C4=O)C5(C)C)cc23)c1NCC1CNCCO1. The molecule has 3 unspecified atom stereocenters. The van der Waals surface area contributed by atoms with Crippen molar-refractivity contribution in [3.05, 3.63) is 46.9 Å². The molecule has 188 valence electrons. The maximum Gasteiger partial charge on any atom is 0.233 e. The van der Waals surface area contributed by atoms with Crippen LogP contribution in [0.2, 0.25) is 5.02 Å². The second-order valence-electron chi connectivity index (χ2n) is 10.5. The summed E-state index contributed by atoms with van der Waals surface area (Å²) < 4.78 is 7.58. The molecule has 3 fully saturated rings. The van der Waals surface area contributed by atoms with Crippen molar-refractivity contribution in [2.24, 2.45) is 17.3 Å². The molecule has 10 heteroatoms. The van der Waals surface area contributed by atoms with Crippen molar-refractivity contribution in [3.63, 3.8) is 0 Å². The van der Waals surface area contributed by atoms with Gasteiger partial charge >= 0.3 is 0 Å². The lowest BCUT2D eigenvalue weighted by Gasteiger charge is -2.25. The van der Waals surface area contributed by atoms with E-state index in [1.165, 1.54) is 11.2 Å². The smallest absolute Gasteiger partial charge is 0.233 e. The highest BCUT2D eigenvalue weighted by molar-refractivity contribution is 6.31. The predicted molar refractivity (Wildman–Crippen MR) is 136 cm³/mol. The highest BCUT2D eigenvalue weighted by Gasteiger charge is 2.72. The number of rotatable bonds is 6. The summed E-state index contributed by atoms with van der Waals surface area (Å²) in [5, 5.41) is 11.9. The number of hydrogen-bond acceptors (Lipinski definition) is 7. The third-order valence-corrected chi connectivity index (χ3v) is 7.98. The van der Waals surface area contributed by atoms with Gasteiger partial charge in [-0.05, 0) is 41.7 Å². The first-order valence-corrected chi connectivity index (χ1v) is 12.7. The number of aryl methyl sites for hydroxylation is 1. The predicted octanol–water partition coefficient (Wildman–Crippen LogP) is 2.90. The van der Waals surface area contributed by atoms with Crippen LogP contribution < -0.4 is 10.6 Å². The Morgan fingerprint density at radius 2 is 2.00 bits per heavy atom. The molecule has 3 aliphatic rings. The Hall–Kier alpha value is -3.01. The third kappa shape index (κ3) is 3.77. The summed E-state index contributed by atoms with van der Waals surface area (Å²) in [7, 11) is 0. The Labute approximate surface area is 214 Å². The standard InChI is InChI=1S/C26H29ClN6O3/c1-14-6-16(27)8-18(22(14)29-10-17-9-28-4-5-36-17)23-19-7-15(12-33(19)31-13-30-23)11-32-24(34)20-21(25(32)35)26(20,2)3/h6-8,12-13,17,20-21,28-29H,4-5,9-11H2,1-3H3. The van der Waals surface area contributed by atoms with Crippen LogP contribution in [0.3, 0.4) is 0 Å². The summed E-state index contributed by atoms with van der Waals surface area (Å²) in [5.74, 6) is -0.534. The number of likely N-dealkylation sites (tertiary alicyclic amines) is 1. The van der Waals surface area contributed by atoms with Crippen LogP contribution in [-0.2, 0) is 20.9 Å². The quantitative estimate of drug-likeness (QED) is 0.494. The van der Waals surface area contributed by atoms with Crippen LogP contribution >= 0.6 is 11.6 Å². The van der Waals surface area contributed by atoms with Gasteiger partial charge < -0.3 is 15.4 Å². The summed E-state index contributed by atoms with van der Waals surface area (Å²) in [6.45, 7) is 9.21. The topological polar surface area (TPSA) is 101 Å². The van der Waals surface area contributed by atoms with Crippen molar-refractivity contribution in [2.75, 3.05) is 31.6 Å². The van der Waals surface area contributed by atoms with E-state index in [1.807, 2.05) is 45.2 Å². The number of hydrogen-bond donors (Lipinski definition) is 2. The van der Waals surface area contributed by atoms with Gasteiger partial charge in [0.05, 0.1) is 42.3 Å². The van der Waals surface area contributed by atoms with Gasteiger partial charge in [0.15, 0.2) is 0 Å². The molecule has 0 bridgehead atoms. The zero-order valence-electron chi connectivity index (χ0n) is 20.5. The van der Waals surface area contributed by atoms with Crippen LogP contribution in [0, 0.1) is 24.2 Å². The van der Waals surface area contributed by atoms with E-state index >= 15 is 0 Å². The van der Waals surface area contributed by atoms with E-state index in [-0.39, 0.29) is 41.7 Å². The first-order valence-electron chi connectivity index (χ1n) is 12.3. The molecule has 1 aliphatic carbocycles. The van der Waals surface area contributed by atoms with Gasteiger partial charge in [-0.25, -0.2) is 9.50 Å². The molecule has 2 saturated heterocycles. The fourth-order valence-corrected chi connectivity index (χ4v) is 6.02. The molecule has 4 heterocycles. The molecule has 1 saturated carbocycles. The fraction of sp³-hybridized carbons (Fsp3) is 0.462. The van der Waals surface area contributed by atoms with E-state index < -0.39 is 0 Å². The minimum absolute atomic E-state index is 0.0683. The first kappa shape index (κ1) is 23.4. The second-order valence-corrected chi connectivity index (χ2v) is 11.0. The number of benzene rings is 1. The van der Waals surface area contributed by atoms with Gasteiger partial charge in [-0.1, -0.05) is 25.4 Å². The van der Waals surface area contributed by atoms with Crippen LogP contribution in [0.15, 0.2) is 30.7 Å². The van der Waals surface area contributed by atoms with Crippen LogP contribution in [0.1, 0.15) is 25.0 Å². The van der Waals surface area contributed by atoms with Gasteiger partial charge in [-0.3, -0.25) is 14.5 Å². The number of amides is 2. The highest BCUT2D eigenvalue weighted by Crippen LogP contribution is 2.63. The molecule has 0 spiro atoms. The third-order valence-electron chi connectivity index (χ3n) is 7.76. The van der Waals surface area contributed by atoms with Crippen molar-refractivity contribution in [1.82, 2.24) is 24.8 Å². The Morgan fingerprint density at radius 3 is 2.72 bits per heavy atom. The molecule has 2 amide bonds. The van der Waals surface area contributed by atoms with E-state index in [0.717, 1.165) is 46.7 Å². The minimum Gasteiger partial charge on any atom is -0.382 e. The van der Waals surface area contributed by atoms with Gasteiger partial charge in [0.25, 0.3) is 0 Å². The van der Waals surface area contributed by atoms with Gasteiger partial charge in [-0.15, -0.1) is 0 Å². The van der Waals surface area contributed by atoms with E-state index in [2.05, 4.69) is 20.7 Å². The molecule has 3 atom stereocenters. The Kier molecular flexibility index (Phi) is 5.55. The van der Waals surface area contributed by atoms with Crippen molar-refractivity contribution < 1.29 is 14.3 Å². The average Bonchev–Trinajstić information content (AvgIpc) is 3.10. The first-order chi connectivity index (χ1) is 17.3. The summed E-state index contributed by atoms with van der Waals surface area (Å²) in [5.41, 5.74) is 4.89. The van der Waals surface area contributed by atoms with Crippen molar-refractivity contribution in [1.29, 1.82) is 0 Å². The van der Waals surface area contributed by atoms with Gasteiger partial charge in [-0.2, -0.15) is 5.10 Å². The fourth-order valence-electron chi connectivity index (χ4n) is 5.75. The number of halogens is 1. The zero-order valence-corrected chi connectivity index (χ0v) is 21.3. The maximum atomic E-state index is 12.8. The van der Waals surface area contributed by atoms with Crippen LogP contribution in [0.25, 0.3) is 16.8 Å². The number of carbonyl (C=O) groups is 2. The molecule has 9 nitrogen and oxygen atoms in total. The number of nitrogens with one attached hydrogen (secondary N) is 2. The lowest BCUT2D eigenvalue weighted by Crippen LogP contribution is -2.42. The minimum atomic E-state index is -0.221. The van der Waals surface area contributed by atoms with Crippen LogP contribution in [0.5, 0.6) is 0 Å². The summed E-state index contributed by atoms with van der Waals surface area (Å²) in [4.78, 5) is 31.7. The molecule has 1 aromatic carbocycles. The summed E-state index contributed by atoms with van der Waals surface area (Å²) in [6, 6.07) is 5.76. The normalized spacial score (nSPS) is 24.9. The van der Waals surface area contributed by atoms with Crippen LogP contribution in [0.4, 0.5) is 5.69 Å². The maximum absolute atomic E-state index is 12.8. The number of nitrogens with zero attached hydrogens (tertiary/aromatic N) is 4. The molecule has 3 aromatic rings. The number of piperidine rings is 1. The molecule has 2 aromatic heterocycles. The van der Waals surface area contributed by atoms with E-state index in [0.29, 0.717) is 18.2 Å². The van der Waals surface area contributed by atoms with Crippen LogP contribution in [-0.4, -0.2) is 63.7 Å².